The van der Waals surface area contributed by atoms with Crippen LogP contribution in [0, 0.1) is 23.7 Å². The molecule has 6 atom stereocenters. The van der Waals surface area contributed by atoms with E-state index in [0.29, 0.717) is 25.0 Å². The number of amides is 3. The first-order chi connectivity index (χ1) is 19.9. The van der Waals surface area contributed by atoms with E-state index in [1.165, 1.54) is 16.2 Å². The number of Topliss-reactive ketones (excluding diaryl/α,β-unsaturated/α-hetero) is 1. The molecule has 1 aliphatic carbocycles. The number of aromatic nitrogens is 1. The van der Waals surface area contributed by atoms with Crippen molar-refractivity contribution in [2.24, 2.45) is 23.7 Å². The van der Waals surface area contributed by atoms with E-state index in [1.54, 1.807) is 13.8 Å². The lowest BCUT2D eigenvalue weighted by molar-refractivity contribution is -0.141. The van der Waals surface area contributed by atoms with Crippen molar-refractivity contribution in [3.63, 3.8) is 0 Å². The van der Waals surface area contributed by atoms with Crippen molar-refractivity contribution in [2.45, 2.75) is 70.5 Å². The van der Waals surface area contributed by atoms with Crippen LogP contribution in [0.1, 0.15) is 62.2 Å². The molecule has 1 saturated carbocycles. The molecule has 0 radical (unpaired) electrons. The lowest BCUT2D eigenvalue weighted by atomic mass is 9.78. The third-order valence-electron chi connectivity index (χ3n) is 8.79. The number of ketones is 1. The Bertz CT molecular complexity index is 1440. The van der Waals surface area contributed by atoms with Gasteiger partial charge in [-0.1, -0.05) is 38.8 Å². The van der Waals surface area contributed by atoms with E-state index < -0.39 is 45.9 Å². The van der Waals surface area contributed by atoms with E-state index in [2.05, 4.69) is 20.3 Å². The Balaban J connectivity index is 1.44. The molecule has 228 valence electrons. The lowest BCUT2D eigenvalue weighted by Crippen LogP contribution is -2.57. The van der Waals surface area contributed by atoms with Crippen LogP contribution in [0.25, 0.3) is 10.2 Å². The summed E-state index contributed by atoms with van der Waals surface area (Å²) in [6.45, 7) is 4.40. The molecule has 1 aromatic carbocycles. The maximum Gasteiger partial charge on any atom is 0.243 e. The molecule has 2 saturated heterocycles. The van der Waals surface area contributed by atoms with Gasteiger partial charge in [0.15, 0.2) is 5.01 Å². The topological polar surface area (TPSA) is 155 Å². The number of benzene rings is 1. The molecule has 0 bridgehead atoms. The third-order valence-corrected chi connectivity index (χ3v) is 10.5. The molecule has 2 aromatic rings. The Morgan fingerprint density at radius 3 is 2.55 bits per heavy atom. The number of carbonyl (C=O) groups is 4. The Labute approximate surface area is 250 Å². The van der Waals surface area contributed by atoms with E-state index in [-0.39, 0.29) is 40.9 Å². The second-order valence-electron chi connectivity index (χ2n) is 12.2. The summed E-state index contributed by atoms with van der Waals surface area (Å²) >= 11 is 1.25. The summed E-state index contributed by atoms with van der Waals surface area (Å²) < 4.78 is 27.5. The molecular weight excluding hydrogens is 578 g/mol. The summed E-state index contributed by atoms with van der Waals surface area (Å²) in [6.07, 6.45) is 5.28. The molecule has 3 N–H and O–H groups in total. The van der Waals surface area contributed by atoms with Crippen LogP contribution in [0.4, 0.5) is 0 Å². The first-order valence-corrected chi connectivity index (χ1v) is 17.4. The number of hydrogen-bond acceptors (Lipinski definition) is 8. The van der Waals surface area contributed by atoms with Gasteiger partial charge in [-0.2, -0.15) is 0 Å². The number of likely N-dealkylation sites (tertiary alicyclic amines) is 1. The van der Waals surface area contributed by atoms with Crippen molar-refractivity contribution < 1.29 is 27.6 Å². The van der Waals surface area contributed by atoms with Gasteiger partial charge in [0.2, 0.25) is 33.5 Å². The molecule has 3 fully saturated rings. The Kier molecular flexibility index (Phi) is 9.00. The van der Waals surface area contributed by atoms with Gasteiger partial charge in [-0.15, -0.1) is 11.3 Å². The summed E-state index contributed by atoms with van der Waals surface area (Å²) in [4.78, 5) is 60.4. The highest BCUT2D eigenvalue weighted by Gasteiger charge is 2.50. The first-order valence-electron chi connectivity index (χ1n) is 14.7. The fraction of sp³-hybridized carbons (Fsp3) is 0.621. The van der Waals surface area contributed by atoms with Crippen LogP contribution in [-0.2, 0) is 24.4 Å². The second-order valence-corrected chi connectivity index (χ2v) is 15.0. The Morgan fingerprint density at radius 1 is 1.14 bits per heavy atom. The van der Waals surface area contributed by atoms with Crippen molar-refractivity contribution in [1.29, 1.82) is 0 Å². The van der Waals surface area contributed by atoms with Crippen molar-refractivity contribution in [2.75, 3.05) is 19.3 Å². The minimum absolute atomic E-state index is 0.0956. The van der Waals surface area contributed by atoms with Gasteiger partial charge in [0, 0.05) is 19.0 Å². The highest BCUT2D eigenvalue weighted by Crippen LogP contribution is 2.41. The van der Waals surface area contributed by atoms with E-state index in [4.69, 9.17) is 0 Å². The van der Waals surface area contributed by atoms with Gasteiger partial charge in [0.1, 0.15) is 12.1 Å². The standard InChI is InChI=1S/C29H39N5O6S2/c1-16(2)23(33-42(3,39)40)29(38)34-15-18-8-4-5-9-19(18)24(34)27(37)31-21(14-17-12-13-30-26(17)36)25(35)28-32-20-10-6-7-11-22(20)41-28/h6-7,10-11,16-19,21,23-24,33H,4-5,8-9,12-15H2,1-3H3,(H,30,36)(H,31,37)/t17-,18-,19-,21-,23-,24-/m0/s1. The highest BCUT2D eigenvalue weighted by atomic mass is 32.2. The number of fused-ring (bicyclic) bond motifs is 2. The number of nitrogens with one attached hydrogen (secondary N) is 3. The molecule has 1 aromatic heterocycles. The molecule has 42 heavy (non-hydrogen) atoms. The van der Waals surface area contributed by atoms with E-state index >= 15 is 0 Å². The number of hydrogen-bond donors (Lipinski definition) is 3. The van der Waals surface area contributed by atoms with Crippen LogP contribution in [0.15, 0.2) is 24.3 Å². The summed E-state index contributed by atoms with van der Waals surface area (Å²) in [6, 6.07) is 4.55. The predicted octanol–water partition coefficient (Wildman–Crippen LogP) is 2.08. The zero-order valence-electron chi connectivity index (χ0n) is 24.2. The van der Waals surface area contributed by atoms with E-state index in [0.717, 1.165) is 36.6 Å². The average Bonchev–Trinajstić information content (AvgIpc) is 3.66. The number of thiazole rings is 1. The molecule has 0 unspecified atom stereocenters. The summed E-state index contributed by atoms with van der Waals surface area (Å²) in [5, 5.41) is 6.00. The van der Waals surface area contributed by atoms with Gasteiger partial charge < -0.3 is 15.5 Å². The number of para-hydroxylation sites is 1. The normalized spacial score (nSPS) is 25.7. The summed E-state index contributed by atoms with van der Waals surface area (Å²) in [5.41, 5.74) is 0.685. The lowest BCUT2D eigenvalue weighted by Gasteiger charge is -2.33. The minimum Gasteiger partial charge on any atom is -0.356 e. The fourth-order valence-corrected chi connectivity index (χ4v) is 8.48. The van der Waals surface area contributed by atoms with Crippen LogP contribution in [0.2, 0.25) is 0 Å². The number of sulfonamides is 1. The van der Waals surface area contributed by atoms with Crippen molar-refractivity contribution >= 4 is 55.1 Å². The molecule has 11 nitrogen and oxygen atoms in total. The third kappa shape index (κ3) is 6.52. The zero-order valence-corrected chi connectivity index (χ0v) is 25.8. The second kappa shape index (κ2) is 12.4. The molecule has 2 aliphatic heterocycles. The van der Waals surface area contributed by atoms with Gasteiger partial charge in [0.25, 0.3) is 0 Å². The minimum atomic E-state index is -3.68. The largest absolute Gasteiger partial charge is 0.356 e. The molecule has 3 aliphatic rings. The van der Waals surface area contributed by atoms with Gasteiger partial charge in [-0.3, -0.25) is 19.2 Å². The van der Waals surface area contributed by atoms with Crippen molar-refractivity contribution in [3.8, 4) is 0 Å². The quantitative estimate of drug-likeness (QED) is 0.345. The molecule has 3 heterocycles. The average molecular weight is 618 g/mol. The Morgan fingerprint density at radius 2 is 1.88 bits per heavy atom. The maximum atomic E-state index is 14.2. The summed E-state index contributed by atoms with van der Waals surface area (Å²) in [5.74, 6) is -2.14. The van der Waals surface area contributed by atoms with E-state index in [9.17, 15) is 27.6 Å². The first kappa shape index (κ1) is 30.6. The van der Waals surface area contributed by atoms with Crippen LogP contribution in [0.5, 0.6) is 0 Å². The Hall–Kier alpha value is -2.90. The molecule has 3 amide bonds. The molecule has 0 spiro atoms. The van der Waals surface area contributed by atoms with Crippen molar-refractivity contribution in [1.82, 2.24) is 25.2 Å². The highest BCUT2D eigenvalue weighted by molar-refractivity contribution is 7.88. The van der Waals surface area contributed by atoms with Gasteiger partial charge >= 0.3 is 0 Å². The summed E-state index contributed by atoms with van der Waals surface area (Å²) in [7, 11) is -3.68. The predicted molar refractivity (Wildman–Crippen MR) is 159 cm³/mol. The maximum absolute atomic E-state index is 14.2. The van der Waals surface area contributed by atoms with Crippen LogP contribution >= 0.6 is 11.3 Å². The van der Waals surface area contributed by atoms with Crippen LogP contribution in [0.3, 0.4) is 0 Å². The SMILES string of the molecule is CC(C)[C@H](NS(C)(=O)=O)C(=O)N1C[C@@H]2CCCC[C@@H]2[C@H]1C(=O)N[C@@H](C[C@@H]1CCNC1=O)C(=O)c1nc2ccccc2s1. The number of rotatable bonds is 10. The fourth-order valence-electron chi connectivity index (χ4n) is 6.69. The van der Waals surface area contributed by atoms with Gasteiger partial charge in [-0.05, 0) is 55.6 Å². The molecular formula is C29H39N5O6S2. The smallest absolute Gasteiger partial charge is 0.243 e. The van der Waals surface area contributed by atoms with Gasteiger partial charge in [0.05, 0.1) is 22.5 Å². The van der Waals surface area contributed by atoms with Crippen LogP contribution < -0.4 is 15.4 Å². The number of carbonyl (C=O) groups excluding carboxylic acids is 4. The zero-order chi connectivity index (χ0) is 30.2. The van der Waals surface area contributed by atoms with E-state index in [1.807, 2.05) is 24.3 Å². The van der Waals surface area contributed by atoms with Crippen molar-refractivity contribution in [3.05, 3.63) is 29.3 Å². The van der Waals surface area contributed by atoms with Gasteiger partial charge in [-0.25, -0.2) is 18.1 Å². The van der Waals surface area contributed by atoms with Crippen LogP contribution in [-0.4, -0.2) is 79.3 Å². The molecule has 5 rings (SSSR count). The number of nitrogens with zero attached hydrogens (tertiary/aromatic N) is 2. The monoisotopic (exact) mass is 617 g/mol. The molecule has 13 heteroatoms.